The Bertz CT molecular complexity index is 410. The third kappa shape index (κ3) is 3.62. The number of hydrogen-bond donors (Lipinski definition) is 2. The largest absolute Gasteiger partial charge is 0.399 e. The fourth-order valence-corrected chi connectivity index (χ4v) is 2.42. The second kappa shape index (κ2) is 6.07. The summed E-state index contributed by atoms with van der Waals surface area (Å²) in [7, 11) is 0. The molecule has 0 spiro atoms. The Hall–Kier alpha value is -1.26. The molecule has 1 aromatic rings. The number of halogens is 1. The van der Waals surface area contributed by atoms with Crippen molar-refractivity contribution in [3.63, 3.8) is 0 Å². The Morgan fingerprint density at radius 2 is 2.06 bits per heavy atom. The molecule has 1 aromatic carbocycles. The first kappa shape index (κ1) is 13.2. The van der Waals surface area contributed by atoms with Crippen LogP contribution in [0.4, 0.5) is 5.69 Å². The molecule has 1 saturated heterocycles. The number of rotatable bonds is 4. The normalized spacial score (nSPS) is 15.8. The first-order chi connectivity index (χ1) is 8.65. The van der Waals surface area contributed by atoms with Gasteiger partial charge in [0.05, 0.1) is 0 Å². The van der Waals surface area contributed by atoms with Crippen molar-refractivity contribution in [1.82, 2.24) is 10.2 Å². The number of hydrogen-bond acceptors (Lipinski definition) is 3. The van der Waals surface area contributed by atoms with Crippen molar-refractivity contribution in [1.29, 1.82) is 0 Å². The molecule has 0 unspecified atom stereocenters. The summed E-state index contributed by atoms with van der Waals surface area (Å²) in [5.41, 5.74) is 6.67. The summed E-state index contributed by atoms with van der Waals surface area (Å²) in [5.74, 6) is -0.122. The molecule has 1 amide bonds. The van der Waals surface area contributed by atoms with Gasteiger partial charge in [0.25, 0.3) is 5.91 Å². The van der Waals surface area contributed by atoms with Gasteiger partial charge in [0, 0.05) is 29.4 Å². The summed E-state index contributed by atoms with van der Waals surface area (Å²) in [5, 5.41) is 3.37. The van der Waals surface area contributed by atoms with Crippen LogP contribution in [0, 0.1) is 0 Å². The Labute approximate surface area is 112 Å². The van der Waals surface area contributed by atoms with Crippen molar-refractivity contribution >= 4 is 23.2 Å². The Kier molecular flexibility index (Phi) is 4.44. The molecule has 0 atom stereocenters. The zero-order chi connectivity index (χ0) is 13.0. The van der Waals surface area contributed by atoms with Gasteiger partial charge in [0.1, 0.15) is 0 Å². The van der Waals surface area contributed by atoms with Gasteiger partial charge in [-0.05, 0) is 44.1 Å². The monoisotopic (exact) mass is 267 g/mol. The van der Waals surface area contributed by atoms with Crippen molar-refractivity contribution in [3.8, 4) is 0 Å². The minimum absolute atomic E-state index is 0.122. The highest BCUT2D eigenvalue weighted by Gasteiger charge is 2.12. The van der Waals surface area contributed by atoms with E-state index in [2.05, 4.69) is 10.2 Å². The quantitative estimate of drug-likeness (QED) is 0.817. The van der Waals surface area contributed by atoms with Crippen LogP contribution in [0.3, 0.4) is 0 Å². The maximum absolute atomic E-state index is 11.9. The molecule has 3 N–H and O–H groups in total. The third-order valence-corrected chi connectivity index (χ3v) is 3.31. The molecule has 18 heavy (non-hydrogen) atoms. The van der Waals surface area contributed by atoms with E-state index in [0.29, 0.717) is 22.8 Å². The van der Waals surface area contributed by atoms with Crippen LogP contribution in [-0.4, -0.2) is 37.0 Å². The highest BCUT2D eigenvalue weighted by Crippen LogP contribution is 2.16. The van der Waals surface area contributed by atoms with Crippen LogP contribution >= 0.6 is 11.6 Å². The van der Waals surface area contributed by atoms with E-state index in [1.807, 2.05) is 0 Å². The number of amides is 1. The van der Waals surface area contributed by atoms with Gasteiger partial charge in [0.2, 0.25) is 0 Å². The van der Waals surface area contributed by atoms with Gasteiger partial charge in [-0.2, -0.15) is 0 Å². The fourth-order valence-electron chi connectivity index (χ4n) is 2.18. The smallest absolute Gasteiger partial charge is 0.251 e. The van der Waals surface area contributed by atoms with Crippen LogP contribution in [0.5, 0.6) is 0 Å². The molecule has 1 fully saturated rings. The van der Waals surface area contributed by atoms with E-state index in [-0.39, 0.29) is 5.91 Å². The summed E-state index contributed by atoms with van der Waals surface area (Å²) in [4.78, 5) is 14.2. The zero-order valence-corrected chi connectivity index (χ0v) is 11.0. The molecular formula is C13H18ClN3O. The Balaban J connectivity index is 1.83. The summed E-state index contributed by atoms with van der Waals surface area (Å²) in [6.45, 7) is 3.84. The molecule has 0 aliphatic carbocycles. The van der Waals surface area contributed by atoms with E-state index in [1.165, 1.54) is 12.8 Å². The maximum Gasteiger partial charge on any atom is 0.251 e. The van der Waals surface area contributed by atoms with Gasteiger partial charge in [-0.15, -0.1) is 0 Å². The number of benzene rings is 1. The number of nitrogens with one attached hydrogen (secondary N) is 1. The Morgan fingerprint density at radius 1 is 1.33 bits per heavy atom. The summed E-state index contributed by atoms with van der Waals surface area (Å²) < 4.78 is 0. The maximum atomic E-state index is 11.9. The topological polar surface area (TPSA) is 58.4 Å². The molecule has 4 nitrogen and oxygen atoms in total. The number of carbonyl (C=O) groups is 1. The molecule has 0 saturated carbocycles. The van der Waals surface area contributed by atoms with Crippen molar-refractivity contribution in [3.05, 3.63) is 28.8 Å². The van der Waals surface area contributed by atoms with Crippen LogP contribution in [0.1, 0.15) is 23.2 Å². The number of anilines is 1. The van der Waals surface area contributed by atoms with Crippen LogP contribution in [-0.2, 0) is 0 Å². The van der Waals surface area contributed by atoms with Gasteiger partial charge in [-0.1, -0.05) is 11.6 Å². The van der Waals surface area contributed by atoms with Crippen molar-refractivity contribution in [2.24, 2.45) is 0 Å². The lowest BCUT2D eigenvalue weighted by molar-refractivity contribution is 0.0950. The van der Waals surface area contributed by atoms with E-state index in [0.717, 1.165) is 19.6 Å². The van der Waals surface area contributed by atoms with E-state index in [9.17, 15) is 4.79 Å². The lowest BCUT2D eigenvalue weighted by Gasteiger charge is -2.14. The molecule has 98 valence electrons. The molecule has 1 heterocycles. The average Bonchev–Trinajstić information content (AvgIpc) is 2.80. The number of nitrogen functional groups attached to an aromatic ring is 1. The lowest BCUT2D eigenvalue weighted by Crippen LogP contribution is -2.33. The average molecular weight is 268 g/mol. The predicted molar refractivity (Wildman–Crippen MR) is 73.9 cm³/mol. The van der Waals surface area contributed by atoms with Crippen molar-refractivity contribution in [2.45, 2.75) is 12.8 Å². The SMILES string of the molecule is Nc1cc(Cl)cc(C(=O)NCCN2CCCC2)c1. The molecule has 5 heteroatoms. The van der Waals surface area contributed by atoms with E-state index in [1.54, 1.807) is 18.2 Å². The molecule has 0 aromatic heterocycles. The predicted octanol–water partition coefficient (Wildman–Crippen LogP) is 1.75. The minimum atomic E-state index is -0.122. The van der Waals surface area contributed by atoms with Gasteiger partial charge in [0.15, 0.2) is 0 Å². The standard InChI is InChI=1S/C13H18ClN3O/c14-11-7-10(8-12(15)9-11)13(18)16-3-6-17-4-1-2-5-17/h7-9H,1-6,15H2,(H,16,18). The number of likely N-dealkylation sites (tertiary alicyclic amines) is 1. The van der Waals surface area contributed by atoms with Crippen LogP contribution in [0.15, 0.2) is 18.2 Å². The molecule has 2 rings (SSSR count). The Morgan fingerprint density at radius 3 is 2.72 bits per heavy atom. The van der Waals surface area contributed by atoms with E-state index >= 15 is 0 Å². The van der Waals surface area contributed by atoms with Gasteiger partial charge in [-0.3, -0.25) is 4.79 Å². The van der Waals surface area contributed by atoms with Crippen LogP contribution < -0.4 is 11.1 Å². The summed E-state index contributed by atoms with van der Waals surface area (Å²) >= 11 is 5.86. The first-order valence-electron chi connectivity index (χ1n) is 6.22. The van der Waals surface area contributed by atoms with Gasteiger partial charge >= 0.3 is 0 Å². The van der Waals surface area contributed by atoms with Crippen molar-refractivity contribution < 1.29 is 4.79 Å². The highest BCUT2D eigenvalue weighted by molar-refractivity contribution is 6.31. The van der Waals surface area contributed by atoms with E-state index in [4.69, 9.17) is 17.3 Å². The van der Waals surface area contributed by atoms with Gasteiger partial charge in [-0.25, -0.2) is 0 Å². The third-order valence-electron chi connectivity index (χ3n) is 3.09. The first-order valence-corrected chi connectivity index (χ1v) is 6.59. The number of nitrogens with two attached hydrogens (primary N) is 1. The van der Waals surface area contributed by atoms with Crippen LogP contribution in [0.25, 0.3) is 0 Å². The molecule has 0 bridgehead atoms. The molecular weight excluding hydrogens is 250 g/mol. The lowest BCUT2D eigenvalue weighted by atomic mass is 10.2. The van der Waals surface area contributed by atoms with Crippen LogP contribution in [0.2, 0.25) is 5.02 Å². The molecule has 1 aliphatic heterocycles. The fraction of sp³-hybridized carbons (Fsp3) is 0.462. The second-order valence-corrected chi connectivity index (χ2v) is 5.01. The van der Waals surface area contributed by atoms with Crippen molar-refractivity contribution in [2.75, 3.05) is 31.9 Å². The van der Waals surface area contributed by atoms with Gasteiger partial charge < -0.3 is 16.0 Å². The zero-order valence-electron chi connectivity index (χ0n) is 10.3. The van der Waals surface area contributed by atoms with E-state index < -0.39 is 0 Å². The molecule has 0 radical (unpaired) electrons. The summed E-state index contributed by atoms with van der Waals surface area (Å²) in [6, 6.07) is 4.89. The summed E-state index contributed by atoms with van der Waals surface area (Å²) in [6.07, 6.45) is 2.53. The highest BCUT2D eigenvalue weighted by atomic mass is 35.5. The minimum Gasteiger partial charge on any atom is -0.399 e. The molecule has 1 aliphatic rings. The number of carbonyl (C=O) groups excluding carboxylic acids is 1. The number of nitrogens with zero attached hydrogens (tertiary/aromatic N) is 1. The second-order valence-electron chi connectivity index (χ2n) is 4.58.